The first kappa shape index (κ1) is 17.7. The van der Waals surface area contributed by atoms with Crippen molar-refractivity contribution in [2.75, 3.05) is 45.8 Å². The lowest BCUT2D eigenvalue weighted by molar-refractivity contribution is 0.281. The molecule has 0 spiro atoms. The Bertz CT molecular complexity index is 535. The SMILES string of the molecule is CCNC(=NCCc1ncc(C)s1)N1CCC(CN2CCCC2)C1. The second kappa shape index (κ2) is 8.81. The van der Waals surface area contributed by atoms with Crippen molar-refractivity contribution < 1.29 is 0 Å². The van der Waals surface area contributed by atoms with Gasteiger partial charge in [0.2, 0.25) is 0 Å². The number of thiazole rings is 1. The number of aliphatic imine (C=N–C) groups is 1. The summed E-state index contributed by atoms with van der Waals surface area (Å²) in [6.07, 6.45) is 6.97. The minimum Gasteiger partial charge on any atom is -0.357 e. The van der Waals surface area contributed by atoms with Gasteiger partial charge in [0, 0.05) is 50.2 Å². The van der Waals surface area contributed by atoms with E-state index in [2.05, 4.69) is 33.9 Å². The molecular weight excluding hydrogens is 318 g/mol. The summed E-state index contributed by atoms with van der Waals surface area (Å²) in [5.74, 6) is 1.89. The fourth-order valence-corrected chi connectivity index (χ4v) is 4.48. The molecule has 2 aliphatic heterocycles. The van der Waals surface area contributed by atoms with E-state index in [0.717, 1.165) is 44.5 Å². The Morgan fingerprint density at radius 1 is 1.38 bits per heavy atom. The average molecular weight is 350 g/mol. The molecule has 2 saturated heterocycles. The molecule has 1 unspecified atom stereocenters. The molecule has 3 rings (SSSR count). The first-order valence-corrected chi connectivity index (χ1v) is 10.2. The van der Waals surface area contributed by atoms with E-state index in [4.69, 9.17) is 4.99 Å². The first-order valence-electron chi connectivity index (χ1n) is 9.41. The molecular formula is C18H31N5S. The standard InChI is InChI=1S/C18H31N5S/c1-3-19-18(20-8-6-17-21-12-15(2)24-17)23-11-7-16(14-23)13-22-9-4-5-10-22/h12,16H,3-11,13-14H2,1-2H3,(H,19,20). The number of guanidine groups is 1. The van der Waals surface area contributed by atoms with E-state index >= 15 is 0 Å². The maximum absolute atomic E-state index is 4.85. The summed E-state index contributed by atoms with van der Waals surface area (Å²) in [7, 11) is 0. The highest BCUT2D eigenvalue weighted by atomic mass is 32.1. The maximum Gasteiger partial charge on any atom is 0.193 e. The van der Waals surface area contributed by atoms with E-state index in [9.17, 15) is 0 Å². The summed E-state index contributed by atoms with van der Waals surface area (Å²) in [6, 6.07) is 0. The molecule has 0 radical (unpaired) electrons. The minimum atomic E-state index is 0.800. The van der Waals surface area contributed by atoms with Gasteiger partial charge in [-0.3, -0.25) is 4.99 Å². The third kappa shape index (κ3) is 4.93. The molecule has 0 bridgehead atoms. The van der Waals surface area contributed by atoms with Gasteiger partial charge in [-0.1, -0.05) is 0 Å². The number of nitrogens with one attached hydrogen (secondary N) is 1. The normalized spacial score (nSPS) is 22.5. The third-order valence-corrected chi connectivity index (χ3v) is 5.86. The molecule has 0 amide bonds. The molecule has 2 fully saturated rings. The van der Waals surface area contributed by atoms with Crippen molar-refractivity contribution in [3.63, 3.8) is 0 Å². The second-order valence-corrected chi connectivity index (χ2v) is 8.28. The van der Waals surface area contributed by atoms with E-state index in [1.165, 1.54) is 48.8 Å². The number of aryl methyl sites for hydroxylation is 1. The molecule has 1 aromatic rings. The summed E-state index contributed by atoms with van der Waals surface area (Å²) in [4.78, 5) is 15.7. The lowest BCUT2D eigenvalue weighted by Gasteiger charge is -2.23. The highest BCUT2D eigenvalue weighted by Gasteiger charge is 2.27. The van der Waals surface area contributed by atoms with Gasteiger partial charge >= 0.3 is 0 Å². The smallest absolute Gasteiger partial charge is 0.193 e. The predicted octanol–water partition coefficient (Wildman–Crippen LogP) is 2.38. The van der Waals surface area contributed by atoms with Crippen LogP contribution in [0, 0.1) is 12.8 Å². The van der Waals surface area contributed by atoms with Crippen LogP contribution in [-0.2, 0) is 6.42 Å². The summed E-state index contributed by atoms with van der Waals surface area (Å²) in [5, 5.41) is 4.67. The van der Waals surface area contributed by atoms with Crippen LogP contribution in [-0.4, -0.2) is 66.6 Å². The highest BCUT2D eigenvalue weighted by molar-refractivity contribution is 7.11. The van der Waals surface area contributed by atoms with Gasteiger partial charge in [0.25, 0.3) is 0 Å². The molecule has 0 aromatic carbocycles. The quantitative estimate of drug-likeness (QED) is 0.633. The minimum absolute atomic E-state index is 0.800. The number of hydrogen-bond acceptors (Lipinski definition) is 4. The molecule has 134 valence electrons. The summed E-state index contributed by atoms with van der Waals surface area (Å²) in [5.41, 5.74) is 0. The Balaban J connectivity index is 1.49. The van der Waals surface area contributed by atoms with Gasteiger partial charge in [0.15, 0.2) is 5.96 Å². The van der Waals surface area contributed by atoms with Crippen molar-refractivity contribution >= 4 is 17.3 Å². The lowest BCUT2D eigenvalue weighted by Crippen LogP contribution is -2.41. The number of likely N-dealkylation sites (tertiary alicyclic amines) is 2. The van der Waals surface area contributed by atoms with E-state index < -0.39 is 0 Å². The molecule has 0 saturated carbocycles. The van der Waals surface area contributed by atoms with Crippen molar-refractivity contribution in [3.8, 4) is 0 Å². The van der Waals surface area contributed by atoms with Crippen LogP contribution < -0.4 is 5.32 Å². The predicted molar refractivity (Wildman–Crippen MR) is 102 cm³/mol. The Morgan fingerprint density at radius 2 is 2.21 bits per heavy atom. The summed E-state index contributed by atoms with van der Waals surface area (Å²) < 4.78 is 0. The zero-order valence-corrected chi connectivity index (χ0v) is 15.9. The summed E-state index contributed by atoms with van der Waals surface area (Å²) in [6.45, 7) is 12.2. The van der Waals surface area contributed by atoms with E-state index in [1.807, 2.05) is 6.20 Å². The Hall–Kier alpha value is -1.14. The van der Waals surface area contributed by atoms with Crippen molar-refractivity contribution in [1.82, 2.24) is 20.1 Å². The van der Waals surface area contributed by atoms with Crippen LogP contribution in [0.4, 0.5) is 0 Å². The van der Waals surface area contributed by atoms with Crippen LogP contribution in [0.3, 0.4) is 0 Å². The molecule has 1 N–H and O–H groups in total. The van der Waals surface area contributed by atoms with Crippen molar-refractivity contribution in [2.24, 2.45) is 10.9 Å². The zero-order chi connectivity index (χ0) is 16.8. The van der Waals surface area contributed by atoms with Gasteiger partial charge in [-0.25, -0.2) is 4.98 Å². The molecule has 3 heterocycles. The molecule has 6 heteroatoms. The largest absolute Gasteiger partial charge is 0.357 e. The van der Waals surface area contributed by atoms with Crippen LogP contribution in [0.1, 0.15) is 36.1 Å². The maximum atomic E-state index is 4.85. The van der Waals surface area contributed by atoms with Crippen molar-refractivity contribution in [1.29, 1.82) is 0 Å². The van der Waals surface area contributed by atoms with E-state index in [1.54, 1.807) is 11.3 Å². The monoisotopic (exact) mass is 349 g/mol. The van der Waals surface area contributed by atoms with Crippen molar-refractivity contribution in [2.45, 2.75) is 39.5 Å². The number of hydrogen-bond donors (Lipinski definition) is 1. The Labute approximate surface area is 150 Å². The molecule has 2 aliphatic rings. The third-order valence-electron chi connectivity index (χ3n) is 4.89. The van der Waals surface area contributed by atoms with Crippen molar-refractivity contribution in [3.05, 3.63) is 16.1 Å². The van der Waals surface area contributed by atoms with Gasteiger partial charge in [0.1, 0.15) is 0 Å². The molecule has 24 heavy (non-hydrogen) atoms. The van der Waals surface area contributed by atoms with Crippen LogP contribution >= 0.6 is 11.3 Å². The van der Waals surface area contributed by atoms with Crippen LogP contribution in [0.2, 0.25) is 0 Å². The van der Waals surface area contributed by atoms with Crippen LogP contribution in [0.5, 0.6) is 0 Å². The van der Waals surface area contributed by atoms with Crippen LogP contribution in [0.15, 0.2) is 11.2 Å². The van der Waals surface area contributed by atoms with Gasteiger partial charge in [-0.2, -0.15) is 0 Å². The zero-order valence-electron chi connectivity index (χ0n) is 15.1. The summed E-state index contributed by atoms with van der Waals surface area (Å²) >= 11 is 1.78. The average Bonchev–Trinajstić information content (AvgIpc) is 3.30. The van der Waals surface area contributed by atoms with E-state index in [0.29, 0.717) is 0 Å². The topological polar surface area (TPSA) is 43.8 Å². The Morgan fingerprint density at radius 3 is 2.92 bits per heavy atom. The fourth-order valence-electron chi connectivity index (χ4n) is 3.70. The number of nitrogens with zero attached hydrogens (tertiary/aromatic N) is 4. The van der Waals surface area contributed by atoms with Crippen LogP contribution in [0.25, 0.3) is 0 Å². The van der Waals surface area contributed by atoms with Gasteiger partial charge < -0.3 is 15.1 Å². The molecule has 1 aromatic heterocycles. The highest BCUT2D eigenvalue weighted by Crippen LogP contribution is 2.20. The van der Waals surface area contributed by atoms with E-state index in [-0.39, 0.29) is 0 Å². The fraction of sp³-hybridized carbons (Fsp3) is 0.778. The lowest BCUT2D eigenvalue weighted by atomic mass is 10.1. The van der Waals surface area contributed by atoms with Gasteiger partial charge in [0.05, 0.1) is 5.01 Å². The molecule has 1 atom stereocenters. The van der Waals surface area contributed by atoms with Gasteiger partial charge in [-0.05, 0) is 52.1 Å². The first-order chi connectivity index (χ1) is 11.7. The number of aromatic nitrogens is 1. The van der Waals surface area contributed by atoms with Gasteiger partial charge in [-0.15, -0.1) is 11.3 Å². The number of rotatable bonds is 6. The second-order valence-electron chi connectivity index (χ2n) is 6.96. The molecule has 0 aliphatic carbocycles. The molecule has 5 nitrogen and oxygen atoms in total. The Kier molecular flexibility index (Phi) is 6.49.